The van der Waals surface area contributed by atoms with Crippen LogP contribution in [0, 0.1) is 5.92 Å². The van der Waals surface area contributed by atoms with Crippen LogP contribution in [0.15, 0.2) is 77.7 Å². The Balaban J connectivity index is 1.31. The summed E-state index contributed by atoms with van der Waals surface area (Å²) in [6.45, 7) is 3.08. The highest BCUT2D eigenvalue weighted by Gasteiger charge is 2.34. The van der Waals surface area contributed by atoms with Gasteiger partial charge in [0.15, 0.2) is 0 Å². The Morgan fingerprint density at radius 2 is 1.69 bits per heavy atom. The van der Waals surface area contributed by atoms with Crippen molar-refractivity contribution in [2.24, 2.45) is 5.92 Å². The van der Waals surface area contributed by atoms with Crippen molar-refractivity contribution < 1.29 is 22.7 Å². The number of carbonyl (C=O) groups excluding carboxylic acids is 1. The second kappa shape index (κ2) is 11.8. The summed E-state index contributed by atoms with van der Waals surface area (Å²) in [5.41, 5.74) is 1.75. The normalized spacial score (nSPS) is 14.8. The van der Waals surface area contributed by atoms with Crippen molar-refractivity contribution in [2.75, 3.05) is 25.0 Å². The number of hydrogen-bond acceptors (Lipinski definition) is 5. The van der Waals surface area contributed by atoms with Gasteiger partial charge in [0.05, 0.1) is 6.61 Å². The lowest BCUT2D eigenvalue weighted by molar-refractivity contribution is -0.120. The molecule has 0 bridgehead atoms. The smallest absolute Gasteiger partial charge is 0.246 e. The van der Waals surface area contributed by atoms with Crippen molar-refractivity contribution in [1.29, 1.82) is 0 Å². The minimum atomic E-state index is -3.80. The van der Waals surface area contributed by atoms with Gasteiger partial charge in [-0.25, -0.2) is 8.42 Å². The van der Waals surface area contributed by atoms with Crippen LogP contribution in [0.5, 0.6) is 11.5 Å². The Labute approximate surface area is 217 Å². The Bertz CT molecular complexity index is 1280. The van der Waals surface area contributed by atoms with E-state index in [1.165, 1.54) is 10.4 Å². The van der Waals surface area contributed by atoms with Crippen LogP contribution >= 0.6 is 11.6 Å². The van der Waals surface area contributed by atoms with E-state index in [0.29, 0.717) is 42.5 Å². The average Bonchev–Trinajstić information content (AvgIpc) is 2.90. The third kappa shape index (κ3) is 6.37. The molecule has 4 rings (SSSR count). The van der Waals surface area contributed by atoms with E-state index >= 15 is 0 Å². The molecule has 0 spiro atoms. The highest BCUT2D eigenvalue weighted by Crippen LogP contribution is 2.32. The Morgan fingerprint density at radius 3 is 2.36 bits per heavy atom. The molecule has 1 fully saturated rings. The van der Waals surface area contributed by atoms with E-state index in [4.69, 9.17) is 21.1 Å². The summed E-state index contributed by atoms with van der Waals surface area (Å²) < 4.78 is 39.2. The number of carbonyl (C=O) groups is 1. The summed E-state index contributed by atoms with van der Waals surface area (Å²) in [5, 5.41) is 3.25. The van der Waals surface area contributed by atoms with Gasteiger partial charge in [0.1, 0.15) is 23.0 Å². The maximum absolute atomic E-state index is 13.3. The second-order valence-corrected chi connectivity index (χ2v) is 10.8. The Hall–Kier alpha value is -3.07. The zero-order valence-electron chi connectivity index (χ0n) is 20.0. The van der Waals surface area contributed by atoms with Crippen molar-refractivity contribution in [3.8, 4) is 11.5 Å². The molecule has 3 aromatic carbocycles. The first-order chi connectivity index (χ1) is 17.4. The van der Waals surface area contributed by atoms with Gasteiger partial charge in [0.2, 0.25) is 15.9 Å². The maximum Gasteiger partial charge on any atom is 0.246 e. The maximum atomic E-state index is 13.3. The average molecular weight is 529 g/mol. The molecule has 0 radical (unpaired) electrons. The van der Waals surface area contributed by atoms with Crippen LogP contribution in [0.1, 0.15) is 25.3 Å². The molecule has 0 atom stereocenters. The van der Waals surface area contributed by atoms with Gasteiger partial charge in [0, 0.05) is 29.7 Å². The molecule has 3 aromatic rings. The molecule has 1 N–H and O–H groups in total. The van der Waals surface area contributed by atoms with Gasteiger partial charge in [0.25, 0.3) is 0 Å². The predicted octanol–water partition coefficient (Wildman–Crippen LogP) is 5.36. The Kier molecular flexibility index (Phi) is 8.51. The van der Waals surface area contributed by atoms with E-state index in [1.807, 2.05) is 42.5 Å². The number of rotatable bonds is 9. The minimum Gasteiger partial charge on any atom is -0.492 e. The van der Waals surface area contributed by atoms with Crippen molar-refractivity contribution >= 4 is 33.2 Å². The lowest BCUT2D eigenvalue weighted by Gasteiger charge is -2.31. The zero-order valence-corrected chi connectivity index (χ0v) is 21.6. The quantitative estimate of drug-likeness (QED) is 0.404. The fourth-order valence-electron chi connectivity index (χ4n) is 4.08. The van der Waals surface area contributed by atoms with Crippen LogP contribution in [-0.4, -0.2) is 38.3 Å². The zero-order chi connectivity index (χ0) is 25.5. The van der Waals surface area contributed by atoms with Crippen LogP contribution in [0.25, 0.3) is 0 Å². The van der Waals surface area contributed by atoms with E-state index < -0.39 is 10.0 Å². The number of amides is 1. The number of hydrogen-bond donors (Lipinski definition) is 1. The molecule has 190 valence electrons. The molecule has 1 amide bonds. The Morgan fingerprint density at radius 1 is 1.00 bits per heavy atom. The van der Waals surface area contributed by atoms with Crippen LogP contribution in [0.4, 0.5) is 5.69 Å². The monoisotopic (exact) mass is 528 g/mol. The lowest BCUT2D eigenvalue weighted by atomic mass is 9.97. The molecule has 36 heavy (non-hydrogen) atoms. The SMILES string of the molecule is CCOc1ccc(Cl)cc1S(=O)(=O)N1CCC(C(=O)Nc2ccc(OCc3ccccc3)cc2)CC1. The molecular formula is C27H29ClN2O5S. The van der Waals surface area contributed by atoms with Crippen LogP contribution in [0.2, 0.25) is 5.02 Å². The fraction of sp³-hybridized carbons (Fsp3) is 0.296. The fourth-order valence-corrected chi connectivity index (χ4v) is 5.94. The number of sulfonamides is 1. The highest BCUT2D eigenvalue weighted by atomic mass is 35.5. The summed E-state index contributed by atoms with van der Waals surface area (Å²) in [6, 6.07) is 21.7. The number of benzene rings is 3. The number of halogens is 1. The second-order valence-electron chi connectivity index (χ2n) is 8.49. The molecule has 1 aliphatic rings. The van der Waals surface area contributed by atoms with Crippen LogP contribution in [0.3, 0.4) is 0 Å². The first-order valence-electron chi connectivity index (χ1n) is 11.9. The molecule has 0 saturated carbocycles. The molecule has 9 heteroatoms. The van der Waals surface area contributed by atoms with Crippen LogP contribution < -0.4 is 14.8 Å². The molecule has 1 aliphatic heterocycles. The number of piperidine rings is 1. The first-order valence-corrected chi connectivity index (χ1v) is 13.7. The minimum absolute atomic E-state index is 0.0503. The molecule has 0 aliphatic carbocycles. The molecule has 1 saturated heterocycles. The molecular weight excluding hydrogens is 500 g/mol. The van der Waals surface area contributed by atoms with E-state index in [9.17, 15) is 13.2 Å². The summed E-state index contributed by atoms with van der Waals surface area (Å²) in [5.74, 6) is 0.583. The number of anilines is 1. The first kappa shape index (κ1) is 26.0. The van der Waals surface area contributed by atoms with E-state index in [1.54, 1.807) is 31.2 Å². The standard InChI is InChI=1S/C27H29ClN2O5S/c1-2-34-25-13-8-22(28)18-26(25)36(32,33)30-16-14-21(15-17-30)27(31)29-23-9-11-24(12-10-23)35-19-20-6-4-3-5-7-20/h3-13,18,21H,2,14-17,19H2,1H3,(H,29,31). The summed E-state index contributed by atoms with van der Waals surface area (Å²) in [7, 11) is -3.80. The van der Waals surface area contributed by atoms with Crippen LogP contribution in [-0.2, 0) is 21.4 Å². The number of nitrogens with one attached hydrogen (secondary N) is 1. The van der Waals surface area contributed by atoms with Gasteiger partial charge in [-0.15, -0.1) is 0 Å². The lowest BCUT2D eigenvalue weighted by Crippen LogP contribution is -2.41. The third-order valence-electron chi connectivity index (χ3n) is 6.02. The van der Waals surface area contributed by atoms with E-state index in [-0.39, 0.29) is 35.6 Å². The van der Waals surface area contributed by atoms with E-state index in [0.717, 1.165) is 5.56 Å². The van der Waals surface area contributed by atoms with Crippen molar-refractivity contribution in [1.82, 2.24) is 4.31 Å². The molecule has 7 nitrogen and oxygen atoms in total. The van der Waals surface area contributed by atoms with Crippen molar-refractivity contribution in [3.63, 3.8) is 0 Å². The van der Waals surface area contributed by atoms with Gasteiger partial charge in [-0.2, -0.15) is 4.31 Å². The van der Waals surface area contributed by atoms with Crippen molar-refractivity contribution in [3.05, 3.63) is 83.4 Å². The van der Waals surface area contributed by atoms with Gasteiger partial charge >= 0.3 is 0 Å². The number of nitrogens with zero attached hydrogens (tertiary/aromatic N) is 1. The van der Waals surface area contributed by atoms with Gasteiger partial charge < -0.3 is 14.8 Å². The van der Waals surface area contributed by atoms with Gasteiger partial charge in [-0.3, -0.25) is 4.79 Å². The molecule has 0 aromatic heterocycles. The summed E-state index contributed by atoms with van der Waals surface area (Å²) in [6.07, 6.45) is 0.849. The van der Waals surface area contributed by atoms with Gasteiger partial charge in [-0.05, 0) is 67.8 Å². The summed E-state index contributed by atoms with van der Waals surface area (Å²) >= 11 is 6.06. The summed E-state index contributed by atoms with van der Waals surface area (Å²) in [4.78, 5) is 12.9. The third-order valence-corrected chi connectivity index (χ3v) is 8.17. The van der Waals surface area contributed by atoms with Gasteiger partial charge in [-0.1, -0.05) is 41.9 Å². The molecule has 1 heterocycles. The predicted molar refractivity (Wildman–Crippen MR) is 140 cm³/mol. The van der Waals surface area contributed by atoms with Crippen molar-refractivity contribution in [2.45, 2.75) is 31.3 Å². The largest absolute Gasteiger partial charge is 0.492 e. The number of ether oxygens (including phenoxy) is 2. The highest BCUT2D eigenvalue weighted by molar-refractivity contribution is 7.89. The van der Waals surface area contributed by atoms with E-state index in [2.05, 4.69) is 5.32 Å². The molecule has 0 unspecified atom stereocenters. The topological polar surface area (TPSA) is 84.9 Å².